The molecule has 1 aliphatic rings. The van der Waals surface area contributed by atoms with E-state index in [1.165, 1.54) is 16.9 Å². The molecule has 0 saturated carbocycles. The molecule has 1 amide bonds. The lowest BCUT2D eigenvalue weighted by Gasteiger charge is -2.34. The summed E-state index contributed by atoms with van der Waals surface area (Å²) in [6, 6.07) is 7.48. The van der Waals surface area contributed by atoms with E-state index in [1.54, 1.807) is 24.5 Å². The van der Waals surface area contributed by atoms with Crippen LogP contribution in [0.15, 0.2) is 36.7 Å². The molecule has 0 unspecified atom stereocenters. The fourth-order valence-electron chi connectivity index (χ4n) is 3.25. The molecule has 0 aliphatic carbocycles. The van der Waals surface area contributed by atoms with Gasteiger partial charge in [0.1, 0.15) is 4.88 Å². The van der Waals surface area contributed by atoms with E-state index in [4.69, 9.17) is 34.8 Å². The highest BCUT2D eigenvalue weighted by atomic mass is 35.5. The first-order valence-corrected chi connectivity index (χ1v) is 10.5. The summed E-state index contributed by atoms with van der Waals surface area (Å²) in [5, 5.41) is 2.13. The molecule has 27 heavy (non-hydrogen) atoms. The lowest BCUT2D eigenvalue weighted by atomic mass is 10.2. The van der Waals surface area contributed by atoms with E-state index >= 15 is 0 Å². The van der Waals surface area contributed by atoms with Gasteiger partial charge in [-0.3, -0.25) is 14.7 Å². The lowest BCUT2D eigenvalue weighted by molar-refractivity contribution is 0.0633. The summed E-state index contributed by atoms with van der Waals surface area (Å²) in [5.41, 5.74) is 1.23. The predicted molar refractivity (Wildman–Crippen MR) is 112 cm³/mol. The monoisotopic (exact) mass is 439 g/mol. The Kier molecular flexibility index (Phi) is 5.58. The van der Waals surface area contributed by atoms with Crippen molar-refractivity contribution in [2.45, 2.75) is 6.54 Å². The number of aromatic nitrogens is 1. The molecular weight excluding hydrogens is 425 g/mol. The normalized spacial score (nSPS) is 15.4. The second-order valence-corrected chi connectivity index (χ2v) is 8.70. The van der Waals surface area contributed by atoms with Gasteiger partial charge in [0.2, 0.25) is 0 Å². The number of carbonyl (C=O) groups excluding carboxylic acids is 1. The molecule has 8 heteroatoms. The number of fused-ring (bicyclic) bond motifs is 1. The Balaban J connectivity index is 1.47. The van der Waals surface area contributed by atoms with Crippen LogP contribution in [0.1, 0.15) is 15.2 Å². The van der Waals surface area contributed by atoms with Crippen molar-refractivity contribution < 1.29 is 4.79 Å². The van der Waals surface area contributed by atoms with Crippen LogP contribution in [0.4, 0.5) is 0 Å². The molecule has 4 rings (SSSR count). The zero-order chi connectivity index (χ0) is 19.0. The first-order chi connectivity index (χ1) is 13.0. The maximum Gasteiger partial charge on any atom is 0.265 e. The Labute approximate surface area is 176 Å². The summed E-state index contributed by atoms with van der Waals surface area (Å²) in [6.07, 6.45) is 3.60. The molecule has 3 heterocycles. The van der Waals surface area contributed by atoms with Gasteiger partial charge in [-0.2, -0.15) is 0 Å². The van der Waals surface area contributed by atoms with Crippen LogP contribution in [0, 0.1) is 0 Å². The first kappa shape index (κ1) is 19.0. The number of carbonyl (C=O) groups is 1. The van der Waals surface area contributed by atoms with Crippen LogP contribution in [0.5, 0.6) is 0 Å². The Morgan fingerprint density at radius 1 is 1.07 bits per heavy atom. The van der Waals surface area contributed by atoms with Gasteiger partial charge in [0, 0.05) is 60.2 Å². The molecule has 3 aromatic rings. The zero-order valence-electron chi connectivity index (χ0n) is 14.3. The molecule has 1 aliphatic heterocycles. The number of thiophene rings is 1. The topological polar surface area (TPSA) is 36.4 Å². The van der Waals surface area contributed by atoms with Gasteiger partial charge in [-0.1, -0.05) is 34.8 Å². The van der Waals surface area contributed by atoms with Crippen molar-refractivity contribution in [1.29, 1.82) is 0 Å². The molecule has 0 N–H and O–H groups in total. The summed E-state index contributed by atoms with van der Waals surface area (Å²) in [5.74, 6) is -0.0445. The molecule has 0 bridgehead atoms. The van der Waals surface area contributed by atoms with Crippen molar-refractivity contribution in [3.05, 3.63) is 62.2 Å². The minimum absolute atomic E-state index is 0.0445. The fourth-order valence-corrected chi connectivity index (χ4v) is 5.59. The number of piperazine rings is 1. The summed E-state index contributed by atoms with van der Waals surface area (Å²) >= 11 is 20.2. The van der Waals surface area contributed by atoms with Crippen molar-refractivity contribution >= 4 is 62.1 Å². The highest BCUT2D eigenvalue weighted by molar-refractivity contribution is 7.21. The third kappa shape index (κ3) is 3.93. The largest absolute Gasteiger partial charge is 0.335 e. The summed E-state index contributed by atoms with van der Waals surface area (Å²) in [6.45, 7) is 3.85. The highest BCUT2D eigenvalue weighted by Crippen LogP contribution is 2.41. The van der Waals surface area contributed by atoms with E-state index in [-0.39, 0.29) is 5.91 Å². The summed E-state index contributed by atoms with van der Waals surface area (Å²) in [7, 11) is 0. The number of pyridine rings is 1. The van der Waals surface area contributed by atoms with Crippen LogP contribution < -0.4 is 0 Å². The summed E-state index contributed by atoms with van der Waals surface area (Å²) in [4.78, 5) is 21.8. The van der Waals surface area contributed by atoms with Gasteiger partial charge < -0.3 is 4.90 Å². The minimum atomic E-state index is -0.0445. The second-order valence-electron chi connectivity index (χ2n) is 6.43. The molecular formula is C19H16Cl3N3OS. The number of benzene rings is 1. The first-order valence-electron chi connectivity index (χ1n) is 8.50. The van der Waals surface area contributed by atoms with Crippen molar-refractivity contribution in [2.24, 2.45) is 0 Å². The molecule has 2 aromatic heterocycles. The van der Waals surface area contributed by atoms with Crippen molar-refractivity contribution in [2.75, 3.05) is 26.2 Å². The molecule has 1 fully saturated rings. The molecule has 4 nitrogen and oxygen atoms in total. The van der Waals surface area contributed by atoms with Crippen LogP contribution in [-0.2, 0) is 6.54 Å². The molecule has 1 saturated heterocycles. The van der Waals surface area contributed by atoms with E-state index < -0.39 is 0 Å². The maximum atomic E-state index is 13.0. The molecule has 140 valence electrons. The molecule has 0 radical (unpaired) electrons. The average molecular weight is 441 g/mol. The van der Waals surface area contributed by atoms with Crippen molar-refractivity contribution in [3.63, 3.8) is 0 Å². The Morgan fingerprint density at radius 2 is 1.78 bits per heavy atom. The molecule has 1 aromatic carbocycles. The minimum Gasteiger partial charge on any atom is -0.335 e. The third-order valence-electron chi connectivity index (χ3n) is 4.66. The Hall–Kier alpha value is -1.37. The van der Waals surface area contributed by atoms with Crippen LogP contribution in [0.2, 0.25) is 15.1 Å². The summed E-state index contributed by atoms with van der Waals surface area (Å²) < 4.78 is 0.831. The number of halogens is 3. The van der Waals surface area contributed by atoms with Gasteiger partial charge in [0.25, 0.3) is 5.91 Å². The van der Waals surface area contributed by atoms with E-state index in [0.717, 1.165) is 24.3 Å². The van der Waals surface area contributed by atoms with Crippen molar-refractivity contribution in [3.8, 4) is 0 Å². The van der Waals surface area contributed by atoms with E-state index in [0.29, 0.717) is 38.4 Å². The number of hydrogen-bond acceptors (Lipinski definition) is 4. The number of amides is 1. The van der Waals surface area contributed by atoms with Crippen LogP contribution in [0.3, 0.4) is 0 Å². The van der Waals surface area contributed by atoms with Gasteiger partial charge in [-0.15, -0.1) is 11.3 Å². The fraction of sp³-hybridized carbons (Fsp3) is 0.263. The number of nitrogens with zero attached hydrogens (tertiary/aromatic N) is 3. The average Bonchev–Trinajstić information content (AvgIpc) is 2.99. The maximum absolute atomic E-state index is 13.0. The van der Waals surface area contributed by atoms with Gasteiger partial charge >= 0.3 is 0 Å². The van der Waals surface area contributed by atoms with Gasteiger partial charge in [0.15, 0.2) is 0 Å². The quantitative estimate of drug-likeness (QED) is 0.560. The van der Waals surface area contributed by atoms with Gasteiger partial charge in [0.05, 0.1) is 10.0 Å². The Morgan fingerprint density at radius 3 is 2.48 bits per heavy atom. The lowest BCUT2D eigenvalue weighted by Crippen LogP contribution is -2.48. The zero-order valence-corrected chi connectivity index (χ0v) is 17.4. The number of hydrogen-bond donors (Lipinski definition) is 0. The van der Waals surface area contributed by atoms with Crippen LogP contribution >= 0.6 is 46.1 Å². The predicted octanol–water partition coefficient (Wildman–Crippen LogP) is 5.21. The smallest absolute Gasteiger partial charge is 0.265 e. The van der Waals surface area contributed by atoms with E-state index in [1.807, 2.05) is 17.0 Å². The third-order valence-corrected chi connectivity index (χ3v) is 6.79. The van der Waals surface area contributed by atoms with Gasteiger partial charge in [-0.05, 0) is 29.8 Å². The Bertz CT molecular complexity index is 985. The van der Waals surface area contributed by atoms with Crippen LogP contribution in [0.25, 0.3) is 10.1 Å². The second kappa shape index (κ2) is 7.94. The van der Waals surface area contributed by atoms with Gasteiger partial charge in [-0.25, -0.2) is 0 Å². The van der Waals surface area contributed by atoms with Crippen LogP contribution in [-0.4, -0.2) is 46.9 Å². The molecule has 0 atom stereocenters. The van der Waals surface area contributed by atoms with Crippen molar-refractivity contribution in [1.82, 2.24) is 14.8 Å². The van der Waals surface area contributed by atoms with E-state index in [2.05, 4.69) is 9.88 Å². The standard InChI is InChI=1S/C19H16Cl3N3OS/c20-13-9-14(21)16-15(10-13)27-18(17(16)22)19(26)25-7-5-24(6-8-25)11-12-1-3-23-4-2-12/h1-4,9-10H,5-8,11H2. The number of rotatable bonds is 3. The van der Waals surface area contributed by atoms with E-state index in [9.17, 15) is 4.79 Å². The highest BCUT2D eigenvalue weighted by Gasteiger charge is 2.27. The SMILES string of the molecule is O=C(c1sc2cc(Cl)cc(Cl)c2c1Cl)N1CCN(Cc2ccncc2)CC1. The molecule has 0 spiro atoms.